The number of hydrogen-bond acceptors (Lipinski definition) is 8. The van der Waals surface area contributed by atoms with E-state index < -0.39 is 0 Å². The Morgan fingerprint density at radius 2 is 2.28 bits per heavy atom. The molecule has 0 aliphatic carbocycles. The maximum atomic E-state index is 9.64. The largest absolute Gasteiger partial charge is 0.394 e. The standard InChI is InChI=1S/C16H20N6O2S/c1-17-15-14-16(19-9-18-15)22(10-20-14)13-7-21(5-11(8-23)24-13)6-12-3-2-4-25-12/h2-4,9-11,13,23H,5-8H2,1H3,(H,17,18,19)/t11-,13+/m0/s1. The van der Waals surface area contributed by atoms with Crippen molar-refractivity contribution in [3.63, 3.8) is 0 Å². The van der Waals surface area contributed by atoms with Gasteiger partial charge in [0.15, 0.2) is 11.5 Å². The molecule has 25 heavy (non-hydrogen) atoms. The molecule has 1 saturated heterocycles. The van der Waals surface area contributed by atoms with Crippen molar-refractivity contribution in [2.24, 2.45) is 0 Å². The van der Waals surface area contributed by atoms with Gasteiger partial charge in [0.1, 0.15) is 18.1 Å². The lowest BCUT2D eigenvalue weighted by atomic mass is 10.2. The molecule has 3 aromatic rings. The molecule has 0 unspecified atom stereocenters. The number of aliphatic hydroxyl groups is 1. The number of aromatic nitrogens is 4. The molecule has 1 fully saturated rings. The van der Waals surface area contributed by atoms with Crippen LogP contribution < -0.4 is 5.32 Å². The first-order valence-corrected chi connectivity index (χ1v) is 9.02. The second-order valence-corrected chi connectivity index (χ2v) is 7.00. The number of thiophene rings is 1. The van der Waals surface area contributed by atoms with Crippen molar-refractivity contribution >= 4 is 28.3 Å². The highest BCUT2D eigenvalue weighted by molar-refractivity contribution is 7.09. The first-order chi connectivity index (χ1) is 12.3. The van der Waals surface area contributed by atoms with E-state index in [2.05, 4.69) is 42.7 Å². The van der Waals surface area contributed by atoms with E-state index in [9.17, 15) is 5.11 Å². The topological polar surface area (TPSA) is 88.3 Å². The number of nitrogens with zero attached hydrogens (tertiary/aromatic N) is 5. The van der Waals surface area contributed by atoms with Crippen molar-refractivity contribution in [3.8, 4) is 0 Å². The quantitative estimate of drug-likeness (QED) is 0.709. The van der Waals surface area contributed by atoms with Crippen molar-refractivity contribution < 1.29 is 9.84 Å². The molecule has 1 aliphatic heterocycles. The second-order valence-electron chi connectivity index (χ2n) is 5.97. The van der Waals surface area contributed by atoms with Gasteiger partial charge in [0.2, 0.25) is 0 Å². The average molecular weight is 360 g/mol. The van der Waals surface area contributed by atoms with E-state index in [-0.39, 0.29) is 18.9 Å². The predicted molar refractivity (Wildman–Crippen MR) is 95.5 cm³/mol. The van der Waals surface area contributed by atoms with Crippen LogP contribution in [0.25, 0.3) is 11.2 Å². The fourth-order valence-corrected chi connectivity index (χ4v) is 3.89. The van der Waals surface area contributed by atoms with Crippen LogP contribution in [0, 0.1) is 0 Å². The molecule has 0 saturated carbocycles. The summed E-state index contributed by atoms with van der Waals surface area (Å²) in [5, 5.41) is 14.7. The van der Waals surface area contributed by atoms with Gasteiger partial charge in [0.25, 0.3) is 0 Å². The van der Waals surface area contributed by atoms with Gasteiger partial charge in [0.05, 0.1) is 19.0 Å². The number of imidazole rings is 1. The minimum atomic E-state index is -0.254. The van der Waals surface area contributed by atoms with Crippen LogP contribution >= 0.6 is 11.3 Å². The Labute approximate surface area is 149 Å². The van der Waals surface area contributed by atoms with Crippen molar-refractivity contribution in [3.05, 3.63) is 35.0 Å². The summed E-state index contributed by atoms with van der Waals surface area (Å²) in [6.07, 6.45) is 2.76. The number of fused-ring (bicyclic) bond motifs is 1. The molecule has 0 radical (unpaired) electrons. The van der Waals surface area contributed by atoms with Crippen LogP contribution in [0.15, 0.2) is 30.2 Å². The number of ether oxygens (including phenoxy) is 1. The number of aliphatic hydroxyl groups excluding tert-OH is 1. The first-order valence-electron chi connectivity index (χ1n) is 8.15. The average Bonchev–Trinajstić information content (AvgIpc) is 3.30. The van der Waals surface area contributed by atoms with Crippen LogP contribution in [-0.2, 0) is 11.3 Å². The molecule has 0 spiro atoms. The summed E-state index contributed by atoms with van der Waals surface area (Å²) in [5.74, 6) is 0.689. The van der Waals surface area contributed by atoms with Gasteiger partial charge >= 0.3 is 0 Å². The fourth-order valence-electron chi connectivity index (χ4n) is 3.14. The van der Waals surface area contributed by atoms with Gasteiger partial charge in [-0.25, -0.2) is 15.0 Å². The van der Waals surface area contributed by atoms with Crippen LogP contribution in [-0.4, -0.2) is 62.4 Å². The summed E-state index contributed by atoms with van der Waals surface area (Å²) in [4.78, 5) is 16.6. The molecule has 2 atom stereocenters. The fraction of sp³-hybridized carbons (Fsp3) is 0.438. The van der Waals surface area contributed by atoms with Gasteiger partial charge in [-0.05, 0) is 11.4 Å². The molecule has 4 heterocycles. The monoisotopic (exact) mass is 360 g/mol. The minimum absolute atomic E-state index is 0.0131. The Kier molecular flexibility index (Phi) is 4.62. The zero-order valence-corrected chi connectivity index (χ0v) is 14.7. The Hall–Kier alpha value is -2.07. The highest BCUT2D eigenvalue weighted by atomic mass is 32.1. The third kappa shape index (κ3) is 3.23. The lowest BCUT2D eigenvalue weighted by molar-refractivity contribution is -0.135. The van der Waals surface area contributed by atoms with Crippen LogP contribution in [0.4, 0.5) is 5.82 Å². The molecule has 0 bridgehead atoms. The maximum absolute atomic E-state index is 9.64. The summed E-state index contributed by atoms with van der Waals surface area (Å²) in [6, 6.07) is 4.18. The van der Waals surface area contributed by atoms with Crippen molar-refractivity contribution in [2.45, 2.75) is 18.9 Å². The van der Waals surface area contributed by atoms with Gasteiger partial charge < -0.3 is 15.2 Å². The number of nitrogens with one attached hydrogen (secondary N) is 1. The highest BCUT2D eigenvalue weighted by Gasteiger charge is 2.30. The minimum Gasteiger partial charge on any atom is -0.394 e. The van der Waals surface area contributed by atoms with E-state index in [1.54, 1.807) is 17.7 Å². The first kappa shape index (κ1) is 16.4. The number of morpholine rings is 1. The third-order valence-corrected chi connectivity index (χ3v) is 5.16. The molecule has 0 amide bonds. The number of anilines is 1. The normalized spacial score (nSPS) is 21.7. The smallest absolute Gasteiger partial charge is 0.167 e. The van der Waals surface area contributed by atoms with Gasteiger partial charge in [0, 0.05) is 31.6 Å². The summed E-state index contributed by atoms with van der Waals surface area (Å²) >= 11 is 1.74. The van der Waals surface area contributed by atoms with Gasteiger partial charge in [-0.1, -0.05) is 6.07 Å². The van der Waals surface area contributed by atoms with Crippen molar-refractivity contribution in [1.29, 1.82) is 0 Å². The van der Waals surface area contributed by atoms with Crippen molar-refractivity contribution in [1.82, 2.24) is 24.4 Å². The zero-order valence-electron chi connectivity index (χ0n) is 13.9. The molecule has 2 N–H and O–H groups in total. The molecule has 132 valence electrons. The van der Waals surface area contributed by atoms with E-state index >= 15 is 0 Å². The lowest BCUT2D eigenvalue weighted by Gasteiger charge is -2.37. The summed E-state index contributed by atoms with van der Waals surface area (Å²) in [6.45, 7) is 2.24. The molecule has 4 rings (SSSR count). The molecule has 8 nitrogen and oxygen atoms in total. The van der Waals surface area contributed by atoms with E-state index in [4.69, 9.17) is 4.74 Å². The molecule has 1 aliphatic rings. The molecule has 9 heteroatoms. The summed E-state index contributed by atoms with van der Waals surface area (Å²) in [7, 11) is 1.81. The second kappa shape index (κ2) is 7.04. The summed E-state index contributed by atoms with van der Waals surface area (Å²) < 4.78 is 7.98. The van der Waals surface area contributed by atoms with E-state index in [0.717, 1.165) is 12.2 Å². The Morgan fingerprint density at radius 1 is 1.36 bits per heavy atom. The third-order valence-electron chi connectivity index (χ3n) is 4.29. The molecular formula is C16H20N6O2S. The highest BCUT2D eigenvalue weighted by Crippen LogP contribution is 2.26. The van der Waals surface area contributed by atoms with E-state index in [0.29, 0.717) is 24.4 Å². The van der Waals surface area contributed by atoms with Crippen molar-refractivity contribution in [2.75, 3.05) is 32.1 Å². The lowest BCUT2D eigenvalue weighted by Crippen LogP contribution is -2.46. The predicted octanol–water partition coefficient (Wildman–Crippen LogP) is 1.32. The van der Waals surface area contributed by atoms with E-state index in [1.165, 1.54) is 11.2 Å². The van der Waals surface area contributed by atoms with Gasteiger partial charge in [-0.15, -0.1) is 11.3 Å². The zero-order chi connectivity index (χ0) is 17.2. The number of hydrogen-bond donors (Lipinski definition) is 2. The van der Waals surface area contributed by atoms with E-state index in [1.807, 2.05) is 11.6 Å². The molecule has 3 aromatic heterocycles. The molecule has 0 aromatic carbocycles. The maximum Gasteiger partial charge on any atom is 0.167 e. The molecular weight excluding hydrogens is 340 g/mol. The Morgan fingerprint density at radius 3 is 3.04 bits per heavy atom. The Bertz CT molecular complexity index is 836. The van der Waals surface area contributed by atoms with Crippen LogP contribution in [0.5, 0.6) is 0 Å². The number of rotatable bonds is 5. The van der Waals surface area contributed by atoms with Crippen LogP contribution in [0.2, 0.25) is 0 Å². The van der Waals surface area contributed by atoms with Crippen LogP contribution in [0.3, 0.4) is 0 Å². The van der Waals surface area contributed by atoms with Gasteiger partial charge in [-0.3, -0.25) is 9.47 Å². The Balaban J connectivity index is 1.62. The summed E-state index contributed by atoms with van der Waals surface area (Å²) in [5.41, 5.74) is 1.43. The van der Waals surface area contributed by atoms with Gasteiger partial charge in [-0.2, -0.15) is 0 Å². The SMILES string of the molecule is CNc1ncnc2c1ncn2[C@H]1CN(Cc2cccs2)C[C@@H](CO)O1. The van der Waals surface area contributed by atoms with Crippen LogP contribution in [0.1, 0.15) is 11.1 Å².